The van der Waals surface area contributed by atoms with Crippen LogP contribution in [0, 0.1) is 13.8 Å². The van der Waals surface area contributed by atoms with Crippen molar-refractivity contribution in [2.45, 2.75) is 39.3 Å². The number of hydrogen-bond acceptors (Lipinski definition) is 1. The molecule has 1 heterocycles. The normalized spacial score (nSPS) is 14.2. The summed E-state index contributed by atoms with van der Waals surface area (Å²) >= 11 is 0. The predicted octanol–water partition coefficient (Wildman–Crippen LogP) is 3.45. The number of carbonyl (C=O) groups excluding carboxylic acids is 1. The number of hydrogen-bond donors (Lipinski definition) is 0. The summed E-state index contributed by atoms with van der Waals surface area (Å²) in [5.41, 5.74) is 4.29. The van der Waals surface area contributed by atoms with E-state index in [1.54, 1.807) is 0 Å². The van der Waals surface area contributed by atoms with Gasteiger partial charge in [0.2, 0.25) is 0 Å². The Kier molecular flexibility index (Phi) is 3.58. The van der Waals surface area contributed by atoms with Crippen molar-refractivity contribution in [3.8, 4) is 0 Å². The third-order valence-electron chi connectivity index (χ3n) is 4.10. The van der Waals surface area contributed by atoms with Gasteiger partial charge < -0.3 is 9.47 Å². The molecule has 0 spiro atoms. The predicted molar refractivity (Wildman–Crippen MR) is 84.2 cm³/mol. The molecule has 110 valence electrons. The van der Waals surface area contributed by atoms with Crippen molar-refractivity contribution in [1.82, 2.24) is 9.47 Å². The molecule has 1 amide bonds. The van der Waals surface area contributed by atoms with Crippen molar-refractivity contribution in [1.29, 1.82) is 0 Å². The summed E-state index contributed by atoms with van der Waals surface area (Å²) in [4.78, 5) is 14.9. The second kappa shape index (κ2) is 5.40. The summed E-state index contributed by atoms with van der Waals surface area (Å²) in [5.74, 6) is 0.158. The Morgan fingerprint density at radius 1 is 1.24 bits per heavy atom. The van der Waals surface area contributed by atoms with Crippen LogP contribution >= 0.6 is 0 Å². The van der Waals surface area contributed by atoms with Gasteiger partial charge in [0.15, 0.2) is 0 Å². The van der Waals surface area contributed by atoms with Crippen LogP contribution in [0.15, 0.2) is 36.5 Å². The molecule has 0 bridgehead atoms. The zero-order chi connectivity index (χ0) is 15.0. The second-order valence-corrected chi connectivity index (χ2v) is 6.15. The molecule has 0 saturated heterocycles. The molecule has 1 saturated carbocycles. The molecule has 3 heteroatoms. The number of aryl methyl sites for hydroxylation is 3. The van der Waals surface area contributed by atoms with Crippen LogP contribution in [0.1, 0.15) is 40.0 Å². The smallest absolute Gasteiger partial charge is 0.254 e. The Balaban J connectivity index is 1.86. The molecule has 0 atom stereocenters. The van der Waals surface area contributed by atoms with Crippen molar-refractivity contribution in [2.75, 3.05) is 0 Å². The first-order chi connectivity index (χ1) is 10.0. The molecule has 0 N–H and O–H groups in total. The number of rotatable bonds is 4. The van der Waals surface area contributed by atoms with Crippen LogP contribution in [0.3, 0.4) is 0 Å². The molecule has 1 aromatic carbocycles. The Morgan fingerprint density at radius 2 is 1.90 bits per heavy atom. The lowest BCUT2D eigenvalue weighted by atomic mass is 10.1. The standard InChI is InChI=1S/C18H22N2O/c1-13-9-14(2)11-15(10-13)18(21)20(16-6-7-16)12-17-5-4-8-19(17)3/h4-5,8-11,16H,6-7,12H2,1-3H3. The van der Waals surface area contributed by atoms with Crippen molar-refractivity contribution in [3.05, 3.63) is 58.9 Å². The highest BCUT2D eigenvalue weighted by atomic mass is 16.2. The molecular weight excluding hydrogens is 260 g/mol. The number of amides is 1. The lowest BCUT2D eigenvalue weighted by Crippen LogP contribution is -2.33. The Hall–Kier alpha value is -2.03. The van der Waals surface area contributed by atoms with E-state index in [0.717, 1.165) is 29.5 Å². The van der Waals surface area contributed by atoms with Crippen LogP contribution in [0.4, 0.5) is 0 Å². The average Bonchev–Trinajstić information content (AvgIpc) is 3.18. The fraction of sp³-hybridized carbons (Fsp3) is 0.389. The Labute approximate surface area is 126 Å². The third kappa shape index (κ3) is 3.02. The third-order valence-corrected chi connectivity index (χ3v) is 4.10. The van der Waals surface area contributed by atoms with Crippen LogP contribution in [0.2, 0.25) is 0 Å². The first kappa shape index (κ1) is 13.9. The van der Waals surface area contributed by atoms with E-state index in [4.69, 9.17) is 0 Å². The van der Waals surface area contributed by atoms with Gasteiger partial charge in [0.25, 0.3) is 5.91 Å². The summed E-state index contributed by atoms with van der Waals surface area (Å²) in [6.07, 6.45) is 4.28. The van der Waals surface area contributed by atoms with Gasteiger partial charge in [0, 0.05) is 30.5 Å². The fourth-order valence-electron chi connectivity index (χ4n) is 2.85. The minimum atomic E-state index is 0.158. The molecule has 3 nitrogen and oxygen atoms in total. The first-order valence-corrected chi connectivity index (χ1v) is 7.54. The average molecular weight is 282 g/mol. The molecule has 2 aromatic rings. The molecule has 1 aromatic heterocycles. The van der Waals surface area contributed by atoms with E-state index < -0.39 is 0 Å². The highest BCUT2D eigenvalue weighted by molar-refractivity contribution is 5.95. The zero-order valence-electron chi connectivity index (χ0n) is 13.0. The quantitative estimate of drug-likeness (QED) is 0.843. The van der Waals surface area contributed by atoms with Gasteiger partial charge >= 0.3 is 0 Å². The largest absolute Gasteiger partial charge is 0.353 e. The SMILES string of the molecule is Cc1cc(C)cc(C(=O)N(Cc2cccn2C)C2CC2)c1. The molecule has 0 aliphatic heterocycles. The maximum atomic E-state index is 12.9. The first-order valence-electron chi connectivity index (χ1n) is 7.54. The van der Waals surface area contributed by atoms with E-state index in [9.17, 15) is 4.79 Å². The molecule has 0 radical (unpaired) electrons. The van der Waals surface area contributed by atoms with E-state index in [2.05, 4.69) is 16.7 Å². The molecule has 3 rings (SSSR count). The number of carbonyl (C=O) groups is 1. The van der Waals surface area contributed by atoms with Gasteiger partial charge in [0.05, 0.1) is 6.54 Å². The lowest BCUT2D eigenvalue weighted by Gasteiger charge is -2.23. The maximum absolute atomic E-state index is 12.9. The van der Waals surface area contributed by atoms with Crippen LogP contribution in [0.5, 0.6) is 0 Å². The van der Waals surface area contributed by atoms with Crippen molar-refractivity contribution >= 4 is 5.91 Å². The summed E-state index contributed by atoms with van der Waals surface area (Å²) in [6.45, 7) is 4.78. The molecule has 1 aliphatic carbocycles. The van der Waals surface area contributed by atoms with Crippen LogP contribution < -0.4 is 0 Å². The summed E-state index contributed by atoms with van der Waals surface area (Å²) in [7, 11) is 2.03. The molecule has 0 unspecified atom stereocenters. The molecule has 1 aliphatic rings. The minimum Gasteiger partial charge on any atom is -0.353 e. The van der Waals surface area contributed by atoms with Crippen LogP contribution in [0.25, 0.3) is 0 Å². The van der Waals surface area contributed by atoms with Gasteiger partial charge in [0.1, 0.15) is 0 Å². The van der Waals surface area contributed by atoms with Gasteiger partial charge in [-0.15, -0.1) is 0 Å². The number of benzene rings is 1. The molecule has 21 heavy (non-hydrogen) atoms. The highest BCUT2D eigenvalue weighted by Crippen LogP contribution is 2.30. The number of nitrogens with zero attached hydrogens (tertiary/aromatic N) is 2. The van der Waals surface area contributed by atoms with Gasteiger partial charge in [-0.1, -0.05) is 17.2 Å². The Bertz CT molecular complexity index is 647. The van der Waals surface area contributed by atoms with Gasteiger partial charge in [-0.25, -0.2) is 0 Å². The fourth-order valence-corrected chi connectivity index (χ4v) is 2.85. The summed E-state index contributed by atoms with van der Waals surface area (Å²) in [6, 6.07) is 10.6. The maximum Gasteiger partial charge on any atom is 0.254 e. The van der Waals surface area contributed by atoms with Gasteiger partial charge in [-0.05, 0) is 51.0 Å². The van der Waals surface area contributed by atoms with Gasteiger partial charge in [-0.3, -0.25) is 4.79 Å². The minimum absolute atomic E-state index is 0.158. The van der Waals surface area contributed by atoms with E-state index in [1.807, 2.05) is 50.2 Å². The molecular formula is C18H22N2O. The van der Waals surface area contributed by atoms with E-state index in [1.165, 1.54) is 5.69 Å². The highest BCUT2D eigenvalue weighted by Gasteiger charge is 2.33. The van der Waals surface area contributed by atoms with Crippen molar-refractivity contribution in [2.24, 2.45) is 7.05 Å². The van der Waals surface area contributed by atoms with E-state index in [0.29, 0.717) is 12.6 Å². The van der Waals surface area contributed by atoms with Crippen LogP contribution in [-0.4, -0.2) is 21.4 Å². The number of aromatic nitrogens is 1. The Morgan fingerprint density at radius 3 is 2.43 bits per heavy atom. The van der Waals surface area contributed by atoms with Crippen molar-refractivity contribution < 1.29 is 4.79 Å². The summed E-state index contributed by atoms with van der Waals surface area (Å²) < 4.78 is 2.09. The lowest BCUT2D eigenvalue weighted by molar-refractivity contribution is 0.0726. The van der Waals surface area contributed by atoms with E-state index in [-0.39, 0.29) is 5.91 Å². The van der Waals surface area contributed by atoms with Gasteiger partial charge in [-0.2, -0.15) is 0 Å². The van der Waals surface area contributed by atoms with Crippen LogP contribution in [-0.2, 0) is 13.6 Å². The monoisotopic (exact) mass is 282 g/mol. The second-order valence-electron chi connectivity index (χ2n) is 6.15. The molecule has 1 fully saturated rings. The van der Waals surface area contributed by atoms with Crippen molar-refractivity contribution in [3.63, 3.8) is 0 Å². The van der Waals surface area contributed by atoms with E-state index >= 15 is 0 Å². The topological polar surface area (TPSA) is 25.2 Å². The zero-order valence-corrected chi connectivity index (χ0v) is 13.0. The summed E-state index contributed by atoms with van der Waals surface area (Å²) in [5, 5.41) is 0.